The van der Waals surface area contributed by atoms with Crippen LogP contribution in [0.25, 0.3) is 0 Å². The number of likely N-dealkylation sites (N-methyl/N-ethyl adjacent to an activating group) is 1. The van der Waals surface area contributed by atoms with Gasteiger partial charge in [0.25, 0.3) is 5.91 Å². The Labute approximate surface area is 174 Å². The number of thiophene rings is 1. The summed E-state index contributed by atoms with van der Waals surface area (Å²) in [5.74, 6) is 0.401. The molecule has 156 valence electrons. The van der Waals surface area contributed by atoms with Gasteiger partial charge in [0.1, 0.15) is 11.5 Å². The third-order valence-electron chi connectivity index (χ3n) is 4.51. The number of carbonyl (C=O) groups is 2. The summed E-state index contributed by atoms with van der Waals surface area (Å²) in [7, 11) is 3.38. The summed E-state index contributed by atoms with van der Waals surface area (Å²) in [5, 5.41) is 10.9. The van der Waals surface area contributed by atoms with Gasteiger partial charge in [-0.3, -0.25) is 14.5 Å². The van der Waals surface area contributed by atoms with Crippen molar-refractivity contribution >= 4 is 28.9 Å². The number of amides is 2. The van der Waals surface area contributed by atoms with E-state index in [1.54, 1.807) is 36.7 Å². The van der Waals surface area contributed by atoms with Crippen molar-refractivity contribution in [3.63, 3.8) is 0 Å². The van der Waals surface area contributed by atoms with Crippen LogP contribution >= 0.6 is 11.3 Å². The average Bonchev–Trinajstić information content (AvgIpc) is 3.45. The molecule has 0 spiro atoms. The fourth-order valence-electron chi connectivity index (χ4n) is 3.14. The molecule has 1 N–H and O–H groups in total. The van der Waals surface area contributed by atoms with Crippen molar-refractivity contribution in [1.82, 2.24) is 15.2 Å². The van der Waals surface area contributed by atoms with Gasteiger partial charge in [-0.1, -0.05) is 6.07 Å². The van der Waals surface area contributed by atoms with E-state index in [-0.39, 0.29) is 30.9 Å². The van der Waals surface area contributed by atoms with E-state index in [1.807, 2.05) is 29.6 Å². The molecule has 0 saturated heterocycles. The Hall–Kier alpha value is -2.49. The normalized spacial score (nSPS) is 16.3. The first-order chi connectivity index (χ1) is 14.1. The summed E-state index contributed by atoms with van der Waals surface area (Å²) < 4.78 is 10.4. The number of methoxy groups -OCH3 is 1. The number of ether oxygens (including phenoxy) is 1. The van der Waals surface area contributed by atoms with Crippen molar-refractivity contribution in [1.29, 1.82) is 0 Å². The monoisotopic (exact) mass is 418 g/mol. The van der Waals surface area contributed by atoms with Crippen molar-refractivity contribution in [2.24, 2.45) is 5.10 Å². The number of rotatable bonds is 10. The fourth-order valence-corrected chi connectivity index (χ4v) is 3.95. The number of hydrogen-bond acceptors (Lipinski definition) is 7. The van der Waals surface area contributed by atoms with Crippen LogP contribution in [0.3, 0.4) is 0 Å². The summed E-state index contributed by atoms with van der Waals surface area (Å²) in [6, 6.07) is 7.47. The third kappa shape index (κ3) is 5.75. The van der Waals surface area contributed by atoms with E-state index in [0.29, 0.717) is 25.3 Å². The molecule has 29 heavy (non-hydrogen) atoms. The molecule has 0 radical (unpaired) electrons. The standard InChI is InChI=1S/C20H26N4O4S/c1-23(13-19(25)21-8-5-9-27-2)14-20(26)24-16(18-7-4-11-29-18)12-15(22-24)17-6-3-10-28-17/h3-4,6-7,10-11,16H,5,8-9,12-14H2,1-2H3,(H,21,25). The first-order valence-corrected chi connectivity index (χ1v) is 10.4. The van der Waals surface area contributed by atoms with E-state index in [1.165, 1.54) is 5.01 Å². The molecule has 0 bridgehead atoms. The zero-order valence-electron chi connectivity index (χ0n) is 16.7. The smallest absolute Gasteiger partial charge is 0.257 e. The van der Waals surface area contributed by atoms with E-state index < -0.39 is 0 Å². The Morgan fingerprint density at radius 3 is 2.93 bits per heavy atom. The lowest BCUT2D eigenvalue weighted by Gasteiger charge is -2.23. The van der Waals surface area contributed by atoms with Crippen molar-refractivity contribution in [2.75, 3.05) is 40.4 Å². The quantitative estimate of drug-likeness (QED) is 0.597. The molecule has 8 nitrogen and oxygen atoms in total. The second-order valence-electron chi connectivity index (χ2n) is 6.87. The molecule has 0 aromatic carbocycles. The molecule has 0 fully saturated rings. The van der Waals surface area contributed by atoms with Crippen molar-refractivity contribution in [2.45, 2.75) is 18.9 Å². The van der Waals surface area contributed by atoms with Gasteiger partial charge in [-0.25, -0.2) is 5.01 Å². The summed E-state index contributed by atoms with van der Waals surface area (Å²) in [6.45, 7) is 1.40. The lowest BCUT2D eigenvalue weighted by atomic mass is 10.1. The first-order valence-electron chi connectivity index (χ1n) is 9.49. The van der Waals surface area contributed by atoms with Crippen LogP contribution in [0.2, 0.25) is 0 Å². The average molecular weight is 419 g/mol. The van der Waals surface area contributed by atoms with E-state index >= 15 is 0 Å². The fraction of sp³-hybridized carbons (Fsp3) is 0.450. The number of carbonyl (C=O) groups excluding carboxylic acids is 2. The molecule has 1 atom stereocenters. The molecule has 9 heteroatoms. The van der Waals surface area contributed by atoms with Crippen molar-refractivity contribution < 1.29 is 18.7 Å². The van der Waals surface area contributed by atoms with Gasteiger partial charge in [-0.05, 0) is 37.0 Å². The minimum Gasteiger partial charge on any atom is -0.463 e. The highest BCUT2D eigenvalue weighted by Crippen LogP contribution is 2.35. The molecule has 0 saturated carbocycles. The first kappa shape index (κ1) is 21.2. The molecule has 0 aliphatic carbocycles. The molecular formula is C20H26N4O4S. The van der Waals surface area contributed by atoms with Crippen LogP contribution in [0.15, 0.2) is 45.4 Å². The predicted octanol–water partition coefficient (Wildman–Crippen LogP) is 2.10. The minimum atomic E-state index is -0.154. The van der Waals surface area contributed by atoms with Gasteiger partial charge in [-0.2, -0.15) is 5.10 Å². The Morgan fingerprint density at radius 2 is 2.24 bits per heavy atom. The predicted molar refractivity (Wildman–Crippen MR) is 111 cm³/mol. The number of nitrogens with one attached hydrogen (secondary N) is 1. The zero-order chi connectivity index (χ0) is 20.6. The summed E-state index contributed by atoms with van der Waals surface area (Å²) >= 11 is 1.60. The van der Waals surface area contributed by atoms with Crippen LogP contribution in [-0.4, -0.2) is 67.8 Å². The maximum atomic E-state index is 13.0. The number of hydrazone groups is 1. The molecular weight excluding hydrogens is 392 g/mol. The molecule has 3 heterocycles. The lowest BCUT2D eigenvalue weighted by Crippen LogP contribution is -2.41. The maximum Gasteiger partial charge on any atom is 0.257 e. The van der Waals surface area contributed by atoms with Gasteiger partial charge in [0.2, 0.25) is 5.91 Å². The van der Waals surface area contributed by atoms with E-state index in [2.05, 4.69) is 10.4 Å². The van der Waals surface area contributed by atoms with Crippen molar-refractivity contribution in [3.8, 4) is 0 Å². The highest BCUT2D eigenvalue weighted by atomic mass is 32.1. The topological polar surface area (TPSA) is 87.4 Å². The second kappa shape index (κ2) is 10.3. The van der Waals surface area contributed by atoms with Gasteiger partial charge < -0.3 is 14.5 Å². The van der Waals surface area contributed by atoms with Gasteiger partial charge >= 0.3 is 0 Å². The van der Waals surface area contributed by atoms with Crippen LogP contribution in [0, 0.1) is 0 Å². The number of hydrogen-bond donors (Lipinski definition) is 1. The Bertz CT molecular complexity index is 820. The van der Waals surface area contributed by atoms with Crippen LogP contribution in [0.4, 0.5) is 0 Å². The molecule has 3 rings (SSSR count). The van der Waals surface area contributed by atoms with Gasteiger partial charge in [0.05, 0.1) is 25.4 Å². The van der Waals surface area contributed by atoms with Crippen molar-refractivity contribution in [3.05, 3.63) is 46.5 Å². The second-order valence-corrected chi connectivity index (χ2v) is 7.85. The molecule has 1 aliphatic heterocycles. The zero-order valence-corrected chi connectivity index (χ0v) is 17.5. The lowest BCUT2D eigenvalue weighted by molar-refractivity contribution is -0.134. The van der Waals surface area contributed by atoms with E-state index in [9.17, 15) is 9.59 Å². The van der Waals surface area contributed by atoms with E-state index in [4.69, 9.17) is 9.15 Å². The number of nitrogens with zero attached hydrogens (tertiary/aromatic N) is 3. The molecule has 1 aliphatic rings. The van der Waals surface area contributed by atoms with Gasteiger partial charge in [-0.15, -0.1) is 11.3 Å². The van der Waals surface area contributed by atoms with Crippen LogP contribution in [0.1, 0.15) is 29.5 Å². The van der Waals surface area contributed by atoms with E-state index in [0.717, 1.165) is 17.0 Å². The van der Waals surface area contributed by atoms with Crippen LogP contribution in [0.5, 0.6) is 0 Å². The van der Waals surface area contributed by atoms with Gasteiger partial charge in [0.15, 0.2) is 0 Å². The number of furan rings is 1. The summed E-state index contributed by atoms with van der Waals surface area (Å²) in [4.78, 5) is 27.7. The largest absolute Gasteiger partial charge is 0.463 e. The minimum absolute atomic E-state index is 0.0995. The Morgan fingerprint density at radius 1 is 1.38 bits per heavy atom. The molecule has 2 amide bonds. The third-order valence-corrected chi connectivity index (χ3v) is 5.48. The Balaban J connectivity index is 1.60. The summed E-state index contributed by atoms with van der Waals surface area (Å²) in [5.41, 5.74) is 0.750. The van der Waals surface area contributed by atoms with Gasteiger partial charge in [0, 0.05) is 31.6 Å². The summed E-state index contributed by atoms with van der Waals surface area (Å²) in [6.07, 6.45) is 2.95. The Kier molecular flexibility index (Phi) is 7.56. The SMILES string of the molecule is COCCCNC(=O)CN(C)CC(=O)N1N=C(c2ccco2)CC1c1cccs1. The maximum absolute atomic E-state index is 13.0. The highest BCUT2D eigenvalue weighted by molar-refractivity contribution is 7.10. The molecule has 1 unspecified atom stereocenters. The molecule has 2 aromatic rings. The molecule has 2 aromatic heterocycles. The van der Waals surface area contributed by atoms with Crippen LogP contribution < -0.4 is 5.32 Å². The van der Waals surface area contributed by atoms with Crippen LogP contribution in [-0.2, 0) is 14.3 Å². The highest BCUT2D eigenvalue weighted by Gasteiger charge is 2.34.